The van der Waals surface area contributed by atoms with E-state index < -0.39 is 0 Å². The molecule has 0 saturated heterocycles. The molecule has 4 rings (SSSR count). The highest BCUT2D eigenvalue weighted by Crippen LogP contribution is 2.33. The average molecular weight is 359 g/mol. The van der Waals surface area contributed by atoms with E-state index in [2.05, 4.69) is 37.3 Å². The summed E-state index contributed by atoms with van der Waals surface area (Å²) in [5.74, 6) is 1.09. The van der Waals surface area contributed by atoms with Crippen molar-refractivity contribution in [3.63, 3.8) is 0 Å². The Morgan fingerprint density at radius 2 is 2.19 bits per heavy atom. The lowest BCUT2D eigenvalue weighted by Gasteiger charge is -2.12. The van der Waals surface area contributed by atoms with Crippen LogP contribution in [0.5, 0.6) is 0 Å². The van der Waals surface area contributed by atoms with Crippen molar-refractivity contribution in [1.29, 1.82) is 0 Å². The quantitative estimate of drug-likeness (QED) is 0.683. The smallest absolute Gasteiger partial charge is 0.254 e. The fourth-order valence-electron chi connectivity index (χ4n) is 3.03. The Morgan fingerprint density at radius 1 is 1.30 bits per heavy atom. The molecule has 1 aliphatic rings. The van der Waals surface area contributed by atoms with Gasteiger partial charge in [-0.2, -0.15) is 5.10 Å². The van der Waals surface area contributed by atoms with Crippen LogP contribution in [0.3, 0.4) is 0 Å². The molecule has 1 aliphatic heterocycles. The first-order chi connectivity index (χ1) is 13.2. The number of hydrogen-bond donors (Lipinski definition) is 2. The average Bonchev–Trinajstić information content (AvgIpc) is 3.27. The Hall–Kier alpha value is -3.81. The number of carbonyl (C=O) groups is 1. The van der Waals surface area contributed by atoms with Crippen LogP contribution in [0, 0.1) is 0 Å². The van der Waals surface area contributed by atoms with E-state index in [0.29, 0.717) is 40.8 Å². The Bertz CT molecular complexity index is 1050. The highest BCUT2D eigenvalue weighted by atomic mass is 16.1. The lowest BCUT2D eigenvalue weighted by Crippen LogP contribution is -2.13. The number of hydrogen-bond acceptors (Lipinski definition) is 6. The van der Waals surface area contributed by atoms with E-state index >= 15 is 0 Å². The standard InChI is InChI=1S/C19H17N7O/c1-3-16-21-11-14(26(16)24-4-2)18-12-9-23-19(27)17(12)13(10-22-18)25-15-7-5-6-8-20-15/h3-8,10-11H,1,9H2,2H3,(H,20,25)(H,23,27)/b24-4-. The maximum Gasteiger partial charge on any atom is 0.254 e. The number of amides is 1. The number of anilines is 2. The molecular formula is C19H17N7O. The molecule has 0 atom stereocenters. The van der Waals surface area contributed by atoms with E-state index in [-0.39, 0.29) is 5.91 Å². The van der Waals surface area contributed by atoms with Crippen molar-refractivity contribution < 1.29 is 4.79 Å². The predicted molar refractivity (Wildman–Crippen MR) is 104 cm³/mol. The van der Waals surface area contributed by atoms with Gasteiger partial charge in [-0.3, -0.25) is 9.78 Å². The zero-order chi connectivity index (χ0) is 18.8. The molecular weight excluding hydrogens is 342 g/mol. The Balaban J connectivity index is 1.85. The summed E-state index contributed by atoms with van der Waals surface area (Å²) in [5, 5.41) is 10.4. The van der Waals surface area contributed by atoms with Gasteiger partial charge in [0.15, 0.2) is 5.82 Å². The van der Waals surface area contributed by atoms with E-state index in [1.807, 2.05) is 25.1 Å². The van der Waals surface area contributed by atoms with Gasteiger partial charge in [0.25, 0.3) is 5.91 Å². The molecule has 134 valence electrons. The maximum absolute atomic E-state index is 12.5. The number of nitrogens with one attached hydrogen (secondary N) is 2. The summed E-state index contributed by atoms with van der Waals surface area (Å²) < 4.78 is 1.66. The number of pyridine rings is 2. The van der Waals surface area contributed by atoms with Gasteiger partial charge >= 0.3 is 0 Å². The number of fused-ring (bicyclic) bond motifs is 1. The van der Waals surface area contributed by atoms with E-state index in [9.17, 15) is 4.79 Å². The molecule has 0 aromatic carbocycles. The van der Waals surface area contributed by atoms with Crippen molar-refractivity contribution in [2.45, 2.75) is 13.5 Å². The van der Waals surface area contributed by atoms with Gasteiger partial charge in [0.2, 0.25) is 0 Å². The van der Waals surface area contributed by atoms with E-state index in [1.54, 1.807) is 35.6 Å². The Morgan fingerprint density at radius 3 is 2.93 bits per heavy atom. The van der Waals surface area contributed by atoms with Crippen LogP contribution in [0.15, 0.2) is 48.5 Å². The third-order valence-corrected chi connectivity index (χ3v) is 4.18. The number of imidazole rings is 1. The fourth-order valence-corrected chi connectivity index (χ4v) is 3.03. The third-order valence-electron chi connectivity index (χ3n) is 4.18. The van der Waals surface area contributed by atoms with Gasteiger partial charge in [0.1, 0.15) is 11.5 Å². The summed E-state index contributed by atoms with van der Waals surface area (Å²) in [6.07, 6.45) is 8.29. The zero-order valence-electron chi connectivity index (χ0n) is 14.7. The van der Waals surface area contributed by atoms with Crippen LogP contribution in [0.1, 0.15) is 28.7 Å². The molecule has 0 aliphatic carbocycles. The summed E-state index contributed by atoms with van der Waals surface area (Å²) in [7, 11) is 0. The summed E-state index contributed by atoms with van der Waals surface area (Å²) in [6.45, 7) is 5.97. The highest BCUT2D eigenvalue weighted by molar-refractivity contribution is 6.05. The van der Waals surface area contributed by atoms with Crippen molar-refractivity contribution >= 4 is 29.7 Å². The van der Waals surface area contributed by atoms with Crippen molar-refractivity contribution in [3.05, 3.63) is 60.3 Å². The molecule has 0 saturated carbocycles. The van der Waals surface area contributed by atoms with E-state index in [1.165, 1.54) is 0 Å². The Labute approximate surface area is 155 Å². The van der Waals surface area contributed by atoms with E-state index in [4.69, 9.17) is 0 Å². The fraction of sp³-hybridized carbons (Fsp3) is 0.105. The van der Waals surface area contributed by atoms with Crippen LogP contribution in [-0.4, -0.2) is 31.7 Å². The predicted octanol–water partition coefficient (Wildman–Crippen LogP) is 2.82. The first kappa shape index (κ1) is 16.6. The molecule has 8 heteroatoms. The van der Waals surface area contributed by atoms with Gasteiger partial charge in [-0.15, -0.1) is 0 Å². The minimum atomic E-state index is -0.152. The topological polar surface area (TPSA) is 97.1 Å². The number of carbonyl (C=O) groups excluding carboxylic acids is 1. The summed E-state index contributed by atoms with van der Waals surface area (Å²) in [6, 6.07) is 5.53. The Kier molecular flexibility index (Phi) is 4.21. The SMILES string of the molecule is C=Cc1ncc(-c2ncc(Nc3ccccn3)c3c2CNC3=O)n1/N=C\C. The molecule has 4 heterocycles. The molecule has 0 spiro atoms. The van der Waals surface area contributed by atoms with Crippen LogP contribution < -0.4 is 10.6 Å². The number of nitrogens with zero attached hydrogens (tertiary/aromatic N) is 5. The van der Waals surface area contributed by atoms with Crippen molar-refractivity contribution in [2.75, 3.05) is 5.32 Å². The summed E-state index contributed by atoms with van der Waals surface area (Å²) in [4.78, 5) is 25.6. The molecule has 27 heavy (non-hydrogen) atoms. The molecule has 0 unspecified atom stereocenters. The molecule has 8 nitrogen and oxygen atoms in total. The molecule has 1 amide bonds. The number of aromatic nitrogens is 4. The van der Waals surface area contributed by atoms with Crippen LogP contribution >= 0.6 is 0 Å². The normalized spacial score (nSPS) is 12.9. The maximum atomic E-state index is 12.5. The van der Waals surface area contributed by atoms with Crippen LogP contribution in [0.4, 0.5) is 11.5 Å². The van der Waals surface area contributed by atoms with Crippen molar-refractivity contribution in [3.8, 4) is 11.4 Å². The van der Waals surface area contributed by atoms with Gasteiger partial charge in [0.05, 0.1) is 29.3 Å². The van der Waals surface area contributed by atoms with Crippen molar-refractivity contribution in [1.82, 2.24) is 24.9 Å². The lowest BCUT2D eigenvalue weighted by molar-refractivity contribution is 0.0966. The molecule has 0 radical (unpaired) electrons. The van der Waals surface area contributed by atoms with Crippen molar-refractivity contribution in [2.24, 2.45) is 5.10 Å². The van der Waals surface area contributed by atoms with Gasteiger partial charge in [-0.05, 0) is 25.1 Å². The first-order valence-corrected chi connectivity index (χ1v) is 8.40. The summed E-state index contributed by atoms with van der Waals surface area (Å²) >= 11 is 0. The minimum Gasteiger partial charge on any atom is -0.348 e. The largest absolute Gasteiger partial charge is 0.348 e. The van der Waals surface area contributed by atoms with Gasteiger partial charge in [0, 0.05) is 24.5 Å². The second kappa shape index (κ2) is 6.83. The molecule has 3 aromatic heterocycles. The lowest BCUT2D eigenvalue weighted by atomic mass is 10.1. The van der Waals surface area contributed by atoms with Gasteiger partial charge < -0.3 is 10.6 Å². The van der Waals surface area contributed by atoms with E-state index in [0.717, 1.165) is 5.56 Å². The number of rotatable bonds is 5. The third kappa shape index (κ3) is 2.86. The van der Waals surface area contributed by atoms with Crippen LogP contribution in [0.25, 0.3) is 17.5 Å². The molecule has 3 aromatic rings. The molecule has 2 N–H and O–H groups in total. The van der Waals surface area contributed by atoms with Crippen LogP contribution in [0.2, 0.25) is 0 Å². The van der Waals surface area contributed by atoms with Crippen LogP contribution in [-0.2, 0) is 6.54 Å². The van der Waals surface area contributed by atoms with Gasteiger partial charge in [-0.25, -0.2) is 14.6 Å². The molecule has 0 bridgehead atoms. The highest BCUT2D eigenvalue weighted by Gasteiger charge is 2.28. The first-order valence-electron chi connectivity index (χ1n) is 8.40. The minimum absolute atomic E-state index is 0.152. The van der Waals surface area contributed by atoms with Gasteiger partial charge in [-0.1, -0.05) is 12.6 Å². The second-order valence-corrected chi connectivity index (χ2v) is 5.79. The monoisotopic (exact) mass is 359 g/mol. The second-order valence-electron chi connectivity index (χ2n) is 5.79. The zero-order valence-corrected chi connectivity index (χ0v) is 14.7. The summed E-state index contributed by atoms with van der Waals surface area (Å²) in [5.41, 5.74) is 3.31. The molecule has 0 fully saturated rings.